The van der Waals surface area contributed by atoms with Crippen LogP contribution in [-0.4, -0.2) is 44.3 Å². The Morgan fingerprint density at radius 1 is 1.00 bits per heavy atom. The van der Waals surface area contributed by atoms with E-state index in [1.807, 2.05) is 75.4 Å². The van der Waals surface area contributed by atoms with Crippen LogP contribution in [0.25, 0.3) is 22.4 Å². The molecule has 8 nitrogen and oxygen atoms in total. The Hall–Kier alpha value is -3.49. The number of carbonyl (C=O) groups excluding carboxylic acids is 2. The molecule has 0 radical (unpaired) electrons. The summed E-state index contributed by atoms with van der Waals surface area (Å²) in [7, 11) is 0. The molecule has 0 spiro atoms. The van der Waals surface area contributed by atoms with Crippen LogP contribution in [0.3, 0.4) is 0 Å². The zero-order valence-corrected chi connectivity index (χ0v) is 19.0. The number of aromatic nitrogens is 2. The highest BCUT2D eigenvalue weighted by atomic mass is 16.5. The maximum absolute atomic E-state index is 13.0. The summed E-state index contributed by atoms with van der Waals surface area (Å²) in [4.78, 5) is 29.3. The number of nitrogens with one attached hydrogen (secondary N) is 2. The maximum atomic E-state index is 13.0. The molecule has 3 rings (SSSR count). The highest BCUT2D eigenvalue weighted by Gasteiger charge is 2.30. The standard InChI is InChI=1S/C25H30N4O4/c1-25(2,3)22(15-30)27-24(32)21(13-23(31)28-33)29-14-20(26-16-29)19-11-9-18(10-12-19)17-7-5-4-6-8-17/h4-12,14,16,21-22,30,33H,13,15H2,1-3H3,(H,27,32)(H,28,31)/t21-,22-/m1/s1. The third-order valence-electron chi connectivity index (χ3n) is 5.60. The van der Waals surface area contributed by atoms with Gasteiger partial charge in [0.05, 0.1) is 31.1 Å². The number of aliphatic hydroxyl groups is 1. The van der Waals surface area contributed by atoms with E-state index >= 15 is 0 Å². The van der Waals surface area contributed by atoms with Crippen molar-refractivity contribution in [2.75, 3.05) is 6.61 Å². The fraction of sp³-hybridized carbons (Fsp3) is 0.320. The monoisotopic (exact) mass is 450 g/mol. The minimum atomic E-state index is -0.946. The molecule has 8 heteroatoms. The number of nitrogens with zero attached hydrogens (tertiary/aromatic N) is 2. The number of hydrogen-bond donors (Lipinski definition) is 4. The third-order valence-corrected chi connectivity index (χ3v) is 5.60. The summed E-state index contributed by atoms with van der Waals surface area (Å²) < 4.78 is 1.54. The van der Waals surface area contributed by atoms with Crippen LogP contribution >= 0.6 is 0 Å². The van der Waals surface area contributed by atoms with Crippen molar-refractivity contribution in [3.05, 3.63) is 67.1 Å². The molecule has 1 aromatic heterocycles. The fourth-order valence-corrected chi connectivity index (χ4v) is 3.48. The Morgan fingerprint density at radius 3 is 2.18 bits per heavy atom. The van der Waals surface area contributed by atoms with Crippen LogP contribution in [0.2, 0.25) is 0 Å². The van der Waals surface area contributed by atoms with Gasteiger partial charge in [-0.3, -0.25) is 14.8 Å². The molecule has 0 saturated carbocycles. The summed E-state index contributed by atoms with van der Waals surface area (Å²) in [6.07, 6.45) is 2.89. The Labute approximate surface area is 193 Å². The van der Waals surface area contributed by atoms with Gasteiger partial charge in [-0.25, -0.2) is 10.5 Å². The fourth-order valence-electron chi connectivity index (χ4n) is 3.48. The van der Waals surface area contributed by atoms with E-state index in [-0.39, 0.29) is 18.4 Å². The van der Waals surface area contributed by atoms with Gasteiger partial charge in [0, 0.05) is 11.8 Å². The zero-order valence-electron chi connectivity index (χ0n) is 19.0. The number of carbonyl (C=O) groups is 2. The Kier molecular flexibility index (Phi) is 7.63. The largest absolute Gasteiger partial charge is 0.394 e. The lowest BCUT2D eigenvalue weighted by Crippen LogP contribution is -2.49. The molecule has 3 aromatic rings. The predicted octanol–water partition coefficient (Wildman–Crippen LogP) is 3.18. The Bertz CT molecular complexity index is 1070. The van der Waals surface area contributed by atoms with E-state index in [1.54, 1.807) is 16.2 Å². The van der Waals surface area contributed by atoms with Crippen molar-refractivity contribution in [1.82, 2.24) is 20.3 Å². The van der Waals surface area contributed by atoms with Gasteiger partial charge in [0.1, 0.15) is 6.04 Å². The minimum Gasteiger partial charge on any atom is -0.394 e. The number of aliphatic hydroxyl groups excluding tert-OH is 1. The highest BCUT2D eigenvalue weighted by Crippen LogP contribution is 2.26. The van der Waals surface area contributed by atoms with Crippen molar-refractivity contribution in [3.8, 4) is 22.4 Å². The van der Waals surface area contributed by atoms with Crippen molar-refractivity contribution < 1.29 is 19.9 Å². The lowest BCUT2D eigenvalue weighted by molar-refractivity contribution is -0.135. The Morgan fingerprint density at radius 2 is 1.61 bits per heavy atom. The summed E-state index contributed by atoms with van der Waals surface area (Å²) in [6.45, 7) is 5.46. The lowest BCUT2D eigenvalue weighted by Gasteiger charge is -2.31. The van der Waals surface area contributed by atoms with Gasteiger partial charge in [0.2, 0.25) is 11.8 Å². The predicted molar refractivity (Wildman–Crippen MR) is 125 cm³/mol. The highest BCUT2D eigenvalue weighted by molar-refractivity contribution is 5.87. The molecule has 0 saturated heterocycles. The van der Waals surface area contributed by atoms with E-state index in [9.17, 15) is 14.7 Å². The molecule has 0 bridgehead atoms. The first-order valence-corrected chi connectivity index (χ1v) is 10.8. The van der Waals surface area contributed by atoms with Gasteiger partial charge in [-0.1, -0.05) is 75.4 Å². The SMILES string of the molecule is CC(C)(C)[C@@H](CO)NC(=O)[C@@H](CC(=O)NO)n1cnc(-c2ccc(-c3ccccc3)cc2)c1. The number of hydrogen-bond acceptors (Lipinski definition) is 5. The molecule has 0 aliphatic heterocycles. The van der Waals surface area contributed by atoms with E-state index in [2.05, 4.69) is 10.3 Å². The average molecular weight is 451 g/mol. The molecule has 1 heterocycles. The van der Waals surface area contributed by atoms with E-state index in [4.69, 9.17) is 5.21 Å². The van der Waals surface area contributed by atoms with Crippen molar-refractivity contribution in [2.45, 2.75) is 39.3 Å². The van der Waals surface area contributed by atoms with Crippen LogP contribution in [0.15, 0.2) is 67.1 Å². The summed E-state index contributed by atoms with van der Waals surface area (Å²) >= 11 is 0. The normalized spacial score (nSPS) is 13.2. The molecule has 4 N–H and O–H groups in total. The molecule has 0 fully saturated rings. The van der Waals surface area contributed by atoms with Gasteiger partial charge < -0.3 is 15.0 Å². The van der Waals surface area contributed by atoms with Gasteiger partial charge in [-0.2, -0.15) is 0 Å². The summed E-state index contributed by atoms with van der Waals surface area (Å²) in [5.41, 5.74) is 4.89. The average Bonchev–Trinajstić information content (AvgIpc) is 3.30. The van der Waals surface area contributed by atoms with Crippen molar-refractivity contribution in [3.63, 3.8) is 0 Å². The van der Waals surface area contributed by atoms with Crippen molar-refractivity contribution >= 4 is 11.8 Å². The van der Waals surface area contributed by atoms with Gasteiger partial charge in [-0.05, 0) is 16.5 Å². The Balaban J connectivity index is 1.84. The second kappa shape index (κ2) is 10.4. The lowest BCUT2D eigenvalue weighted by atomic mass is 9.87. The van der Waals surface area contributed by atoms with E-state index in [0.29, 0.717) is 5.69 Å². The minimum absolute atomic E-state index is 0.239. The van der Waals surface area contributed by atoms with Gasteiger partial charge >= 0.3 is 0 Å². The molecular formula is C25H30N4O4. The summed E-state index contributed by atoms with van der Waals surface area (Å²) in [5, 5.41) is 21.5. The molecule has 2 aromatic carbocycles. The summed E-state index contributed by atoms with van der Waals surface area (Å²) in [6, 6.07) is 16.5. The number of rotatable bonds is 8. The number of hydroxylamine groups is 1. The van der Waals surface area contributed by atoms with E-state index in [0.717, 1.165) is 16.7 Å². The second-order valence-electron chi connectivity index (χ2n) is 9.01. The number of imidazole rings is 1. The maximum Gasteiger partial charge on any atom is 0.245 e. The number of amides is 2. The molecule has 0 aliphatic rings. The molecule has 33 heavy (non-hydrogen) atoms. The molecule has 0 aliphatic carbocycles. The quantitative estimate of drug-likeness (QED) is 0.311. The van der Waals surface area contributed by atoms with Crippen molar-refractivity contribution in [1.29, 1.82) is 0 Å². The zero-order chi connectivity index (χ0) is 24.0. The molecule has 0 unspecified atom stereocenters. The molecule has 174 valence electrons. The second-order valence-corrected chi connectivity index (χ2v) is 9.01. The number of benzene rings is 2. The van der Waals surface area contributed by atoms with E-state index < -0.39 is 23.9 Å². The molecular weight excluding hydrogens is 420 g/mol. The first kappa shape index (κ1) is 24.2. The van der Waals surface area contributed by atoms with Crippen LogP contribution in [0.4, 0.5) is 0 Å². The van der Waals surface area contributed by atoms with Gasteiger partial charge in [0.25, 0.3) is 0 Å². The first-order chi connectivity index (χ1) is 15.7. The van der Waals surface area contributed by atoms with Gasteiger partial charge in [-0.15, -0.1) is 0 Å². The first-order valence-electron chi connectivity index (χ1n) is 10.8. The molecule has 2 amide bonds. The smallest absolute Gasteiger partial charge is 0.245 e. The van der Waals surface area contributed by atoms with Crippen LogP contribution in [-0.2, 0) is 9.59 Å². The van der Waals surface area contributed by atoms with E-state index in [1.165, 1.54) is 6.33 Å². The van der Waals surface area contributed by atoms with Crippen molar-refractivity contribution in [2.24, 2.45) is 5.41 Å². The topological polar surface area (TPSA) is 116 Å². The molecule has 2 atom stereocenters. The van der Waals surface area contributed by atoms with Crippen LogP contribution in [0.5, 0.6) is 0 Å². The van der Waals surface area contributed by atoms with Crippen LogP contribution < -0.4 is 10.8 Å². The van der Waals surface area contributed by atoms with Gasteiger partial charge in [0.15, 0.2) is 0 Å². The summed E-state index contributed by atoms with van der Waals surface area (Å²) in [5.74, 6) is -1.15. The van der Waals surface area contributed by atoms with Crippen LogP contribution in [0.1, 0.15) is 33.2 Å². The van der Waals surface area contributed by atoms with Crippen LogP contribution in [0, 0.1) is 5.41 Å². The third kappa shape index (κ3) is 6.06.